The Bertz CT molecular complexity index is 460. The molecule has 1 amide bonds. The van der Waals surface area contributed by atoms with Crippen LogP contribution in [0.3, 0.4) is 0 Å². The summed E-state index contributed by atoms with van der Waals surface area (Å²) in [6.07, 6.45) is 4.12. The van der Waals surface area contributed by atoms with Crippen molar-refractivity contribution in [3.05, 3.63) is 28.3 Å². The Morgan fingerprint density at radius 2 is 2.11 bits per heavy atom. The molecule has 19 heavy (non-hydrogen) atoms. The number of benzene rings is 1. The number of rotatable bonds is 7. The number of carbonyl (C=O) groups excluding carboxylic acids is 1. The highest BCUT2D eigenvalue weighted by atomic mass is 16.6. The molecule has 0 radical (unpaired) electrons. The number of amides is 1. The van der Waals surface area contributed by atoms with E-state index in [4.69, 9.17) is 0 Å². The van der Waals surface area contributed by atoms with Gasteiger partial charge in [0.15, 0.2) is 5.69 Å². The number of hydrogen-bond donors (Lipinski definition) is 2. The lowest BCUT2D eigenvalue weighted by Crippen LogP contribution is -2.12. The van der Waals surface area contributed by atoms with Gasteiger partial charge in [-0.05, 0) is 12.5 Å². The molecule has 0 heterocycles. The molecule has 0 atom stereocenters. The Kier molecular flexibility index (Phi) is 5.78. The predicted octanol–water partition coefficient (Wildman–Crippen LogP) is 3.21. The fourth-order valence-electron chi connectivity index (χ4n) is 1.72. The summed E-state index contributed by atoms with van der Waals surface area (Å²) in [5.74, 6) is -0.614. The fraction of sp³-hybridized carbons (Fsp3) is 0.462. The van der Waals surface area contributed by atoms with Crippen molar-refractivity contribution in [2.45, 2.75) is 39.0 Å². The topological polar surface area (TPSA) is 92.5 Å². The third-order valence-corrected chi connectivity index (χ3v) is 2.74. The molecular weight excluding hydrogens is 248 g/mol. The maximum Gasteiger partial charge on any atom is 0.296 e. The highest BCUT2D eigenvalue weighted by Crippen LogP contribution is 2.33. The molecule has 1 aromatic rings. The molecule has 0 aromatic heterocycles. The highest BCUT2D eigenvalue weighted by Gasteiger charge is 2.19. The van der Waals surface area contributed by atoms with Crippen LogP contribution in [0, 0.1) is 10.1 Å². The second-order valence-electron chi connectivity index (χ2n) is 4.29. The van der Waals surface area contributed by atoms with E-state index in [1.807, 2.05) is 0 Å². The number of carbonyl (C=O) groups is 1. The van der Waals surface area contributed by atoms with Crippen LogP contribution in [0.25, 0.3) is 0 Å². The van der Waals surface area contributed by atoms with Crippen molar-refractivity contribution in [3.8, 4) is 5.75 Å². The van der Waals surface area contributed by atoms with Crippen molar-refractivity contribution in [2.24, 2.45) is 0 Å². The number of anilines is 1. The zero-order valence-electron chi connectivity index (χ0n) is 10.9. The van der Waals surface area contributed by atoms with Crippen molar-refractivity contribution < 1.29 is 14.8 Å². The molecule has 0 saturated heterocycles. The molecule has 1 aromatic carbocycles. The standard InChI is InChI=1S/C13H18N2O4/c1-2-3-4-5-9-12(17)14-13-10(15(18)19)7-6-8-11(13)16/h6-8,16H,2-5,9H2,1H3,(H,14,17). The number of hydrogen-bond acceptors (Lipinski definition) is 4. The van der Waals surface area contributed by atoms with Crippen LogP contribution in [-0.4, -0.2) is 15.9 Å². The van der Waals surface area contributed by atoms with Gasteiger partial charge in [0.05, 0.1) is 4.92 Å². The van der Waals surface area contributed by atoms with Crippen LogP contribution in [0.1, 0.15) is 39.0 Å². The van der Waals surface area contributed by atoms with E-state index in [-0.39, 0.29) is 23.0 Å². The van der Waals surface area contributed by atoms with Crippen molar-refractivity contribution in [1.82, 2.24) is 0 Å². The number of nitrogens with zero attached hydrogens (tertiary/aromatic N) is 1. The van der Waals surface area contributed by atoms with E-state index >= 15 is 0 Å². The summed E-state index contributed by atoms with van der Waals surface area (Å²) in [6, 6.07) is 3.91. The normalized spacial score (nSPS) is 10.2. The van der Waals surface area contributed by atoms with Gasteiger partial charge in [0.2, 0.25) is 5.91 Å². The first kappa shape index (κ1) is 14.9. The summed E-state index contributed by atoms with van der Waals surface area (Å²) in [6.45, 7) is 2.07. The molecule has 0 unspecified atom stereocenters. The molecule has 0 bridgehead atoms. The molecule has 104 valence electrons. The lowest BCUT2D eigenvalue weighted by molar-refractivity contribution is -0.384. The lowest BCUT2D eigenvalue weighted by Gasteiger charge is -2.07. The number of nitrogens with one attached hydrogen (secondary N) is 1. The Morgan fingerprint density at radius 3 is 2.74 bits per heavy atom. The van der Waals surface area contributed by atoms with Gasteiger partial charge in [-0.15, -0.1) is 0 Å². The van der Waals surface area contributed by atoms with Crippen LogP contribution >= 0.6 is 0 Å². The minimum absolute atomic E-state index is 0.131. The number of phenolic OH excluding ortho intramolecular Hbond substituents is 1. The van der Waals surface area contributed by atoms with Gasteiger partial charge in [-0.25, -0.2) is 0 Å². The van der Waals surface area contributed by atoms with E-state index in [2.05, 4.69) is 12.2 Å². The van der Waals surface area contributed by atoms with Crippen LogP contribution in [0.4, 0.5) is 11.4 Å². The van der Waals surface area contributed by atoms with Gasteiger partial charge in [-0.2, -0.15) is 0 Å². The van der Waals surface area contributed by atoms with Gasteiger partial charge in [0.1, 0.15) is 5.75 Å². The molecular formula is C13H18N2O4. The van der Waals surface area contributed by atoms with E-state index < -0.39 is 4.92 Å². The van der Waals surface area contributed by atoms with Crippen LogP contribution < -0.4 is 5.32 Å². The van der Waals surface area contributed by atoms with Crippen LogP contribution in [0.15, 0.2) is 18.2 Å². The smallest absolute Gasteiger partial charge is 0.296 e. The summed E-state index contributed by atoms with van der Waals surface area (Å²) >= 11 is 0. The van der Waals surface area contributed by atoms with E-state index in [0.29, 0.717) is 6.42 Å². The quantitative estimate of drug-likeness (QED) is 0.343. The molecule has 1 rings (SSSR count). The van der Waals surface area contributed by atoms with E-state index in [0.717, 1.165) is 25.7 Å². The maximum absolute atomic E-state index is 11.7. The van der Waals surface area contributed by atoms with Crippen molar-refractivity contribution in [3.63, 3.8) is 0 Å². The number of para-hydroxylation sites is 1. The summed E-state index contributed by atoms with van der Waals surface area (Å²) in [7, 11) is 0. The highest BCUT2D eigenvalue weighted by molar-refractivity contribution is 5.94. The lowest BCUT2D eigenvalue weighted by atomic mass is 10.1. The first-order valence-electron chi connectivity index (χ1n) is 6.32. The van der Waals surface area contributed by atoms with E-state index in [1.165, 1.54) is 18.2 Å². The van der Waals surface area contributed by atoms with Crippen LogP contribution in [0.5, 0.6) is 5.75 Å². The van der Waals surface area contributed by atoms with Crippen molar-refractivity contribution in [2.75, 3.05) is 5.32 Å². The van der Waals surface area contributed by atoms with Crippen LogP contribution in [-0.2, 0) is 4.79 Å². The number of nitro benzene ring substituents is 1. The fourth-order valence-corrected chi connectivity index (χ4v) is 1.72. The molecule has 6 heteroatoms. The van der Waals surface area contributed by atoms with Crippen molar-refractivity contribution >= 4 is 17.3 Å². The Hall–Kier alpha value is -2.11. The number of nitro groups is 1. The summed E-state index contributed by atoms with van der Waals surface area (Å²) < 4.78 is 0. The zero-order chi connectivity index (χ0) is 14.3. The third kappa shape index (κ3) is 4.57. The average Bonchev–Trinajstić information content (AvgIpc) is 2.37. The van der Waals surface area contributed by atoms with Gasteiger partial charge in [0, 0.05) is 12.5 Å². The van der Waals surface area contributed by atoms with Gasteiger partial charge < -0.3 is 10.4 Å². The molecule has 0 aliphatic carbocycles. The van der Waals surface area contributed by atoms with Gasteiger partial charge in [-0.3, -0.25) is 14.9 Å². The SMILES string of the molecule is CCCCCCC(=O)Nc1c(O)cccc1[N+](=O)[O-]. The van der Waals surface area contributed by atoms with E-state index in [9.17, 15) is 20.0 Å². The largest absolute Gasteiger partial charge is 0.505 e. The molecule has 6 nitrogen and oxygen atoms in total. The second-order valence-corrected chi connectivity index (χ2v) is 4.29. The minimum Gasteiger partial charge on any atom is -0.505 e. The first-order chi connectivity index (χ1) is 9.06. The Morgan fingerprint density at radius 1 is 1.37 bits per heavy atom. The second kappa shape index (κ2) is 7.35. The average molecular weight is 266 g/mol. The molecule has 2 N–H and O–H groups in total. The number of unbranched alkanes of at least 4 members (excludes halogenated alkanes) is 3. The Labute approximate surface area is 111 Å². The van der Waals surface area contributed by atoms with Gasteiger partial charge >= 0.3 is 0 Å². The predicted molar refractivity (Wildman–Crippen MR) is 72.1 cm³/mol. The molecule has 0 aliphatic heterocycles. The Balaban J connectivity index is 2.66. The van der Waals surface area contributed by atoms with Crippen LogP contribution in [0.2, 0.25) is 0 Å². The summed E-state index contributed by atoms with van der Waals surface area (Å²) in [4.78, 5) is 21.8. The number of phenols is 1. The zero-order valence-corrected chi connectivity index (χ0v) is 10.9. The van der Waals surface area contributed by atoms with Crippen molar-refractivity contribution in [1.29, 1.82) is 0 Å². The summed E-state index contributed by atoms with van der Waals surface area (Å²) in [5, 5.41) is 22.8. The molecule has 0 aliphatic rings. The molecule has 0 spiro atoms. The molecule has 0 saturated carbocycles. The minimum atomic E-state index is -0.633. The third-order valence-electron chi connectivity index (χ3n) is 2.74. The molecule has 0 fully saturated rings. The first-order valence-corrected chi connectivity index (χ1v) is 6.32. The summed E-state index contributed by atoms with van der Waals surface area (Å²) in [5.41, 5.74) is -0.435. The number of aromatic hydroxyl groups is 1. The maximum atomic E-state index is 11.7. The van der Waals surface area contributed by atoms with E-state index in [1.54, 1.807) is 0 Å². The van der Waals surface area contributed by atoms with Gasteiger partial charge in [0.25, 0.3) is 5.69 Å². The van der Waals surface area contributed by atoms with Gasteiger partial charge in [-0.1, -0.05) is 32.3 Å². The monoisotopic (exact) mass is 266 g/mol.